The Bertz CT molecular complexity index is 406. The van der Waals surface area contributed by atoms with Crippen molar-refractivity contribution in [2.24, 2.45) is 35.5 Å². The van der Waals surface area contributed by atoms with Gasteiger partial charge in [-0.05, 0) is 0 Å². The summed E-state index contributed by atoms with van der Waals surface area (Å²) in [6.45, 7) is 0. The molecule has 15 heavy (non-hydrogen) atoms. The average molecular weight is 243 g/mol. The Morgan fingerprint density at radius 3 is 1.87 bits per heavy atom. The standard InChI is InChI=1S/C11H8Cl2O2/c12-11(13)7-5-3-1-2-4(9(3)14)6(8(7)11)10(5)15/h1-8H/t3-,4+,5+,6-,7+,8-. The molecule has 0 aromatic rings. The average Bonchev–Trinajstić information content (AvgIpc) is 2.43. The fraction of sp³-hybridized carbons (Fsp3) is 0.636. The maximum Gasteiger partial charge on any atom is 0.148 e. The van der Waals surface area contributed by atoms with E-state index in [1.54, 1.807) is 0 Å². The molecule has 3 saturated carbocycles. The van der Waals surface area contributed by atoms with Crippen molar-refractivity contribution in [1.82, 2.24) is 0 Å². The molecule has 4 bridgehead atoms. The van der Waals surface area contributed by atoms with Crippen molar-refractivity contribution in [2.75, 3.05) is 0 Å². The number of alkyl halides is 2. The number of halogens is 2. The second kappa shape index (κ2) is 2.18. The number of allylic oxidation sites excluding steroid dienone is 2. The first-order valence-electron chi connectivity index (χ1n) is 5.18. The molecule has 4 aliphatic carbocycles. The van der Waals surface area contributed by atoms with Crippen molar-refractivity contribution in [3.63, 3.8) is 0 Å². The summed E-state index contributed by atoms with van der Waals surface area (Å²) in [5, 5.41) is 0. The van der Waals surface area contributed by atoms with E-state index >= 15 is 0 Å². The zero-order valence-electron chi connectivity index (χ0n) is 7.69. The van der Waals surface area contributed by atoms with Gasteiger partial charge in [-0.15, -0.1) is 23.2 Å². The summed E-state index contributed by atoms with van der Waals surface area (Å²) in [5.41, 5.74) is 0. The van der Waals surface area contributed by atoms with Crippen LogP contribution in [-0.4, -0.2) is 15.9 Å². The number of Topliss-reactive ketones (excluding diaryl/α,β-unsaturated/α-hetero) is 2. The van der Waals surface area contributed by atoms with Gasteiger partial charge in [0.2, 0.25) is 0 Å². The molecule has 0 heterocycles. The molecule has 0 unspecified atom stereocenters. The molecule has 0 spiro atoms. The molecule has 2 nitrogen and oxygen atoms in total. The third-order valence-electron chi connectivity index (χ3n) is 4.55. The molecule has 4 aliphatic rings. The van der Waals surface area contributed by atoms with E-state index in [2.05, 4.69) is 0 Å². The maximum absolute atomic E-state index is 12.0. The quantitative estimate of drug-likeness (QED) is 0.478. The molecule has 0 aromatic heterocycles. The number of hydrogen-bond donors (Lipinski definition) is 0. The topological polar surface area (TPSA) is 34.1 Å². The van der Waals surface area contributed by atoms with E-state index < -0.39 is 4.33 Å². The Kier molecular flexibility index (Phi) is 1.28. The minimum Gasteiger partial charge on any atom is -0.299 e. The second-order valence-electron chi connectivity index (χ2n) is 5.02. The normalized spacial score (nSPS) is 57.2. The van der Waals surface area contributed by atoms with Crippen molar-refractivity contribution in [3.8, 4) is 0 Å². The molecule has 4 heteroatoms. The summed E-state index contributed by atoms with van der Waals surface area (Å²) in [5.74, 6) is -0.414. The van der Waals surface area contributed by atoms with Gasteiger partial charge in [0.15, 0.2) is 0 Å². The predicted molar refractivity (Wildman–Crippen MR) is 54.5 cm³/mol. The van der Waals surface area contributed by atoms with Gasteiger partial charge < -0.3 is 0 Å². The van der Waals surface area contributed by atoms with E-state index in [9.17, 15) is 9.59 Å². The van der Waals surface area contributed by atoms with Crippen molar-refractivity contribution in [2.45, 2.75) is 4.33 Å². The van der Waals surface area contributed by atoms with Crippen molar-refractivity contribution in [3.05, 3.63) is 12.2 Å². The minimum absolute atomic E-state index is 0.0298. The first-order valence-corrected chi connectivity index (χ1v) is 5.94. The number of carbonyl (C=O) groups excluding carboxylic acids is 2. The molecule has 0 amide bonds. The third kappa shape index (κ3) is 0.724. The van der Waals surface area contributed by atoms with E-state index in [1.807, 2.05) is 12.2 Å². The number of fused-ring (bicyclic) bond motifs is 9. The van der Waals surface area contributed by atoms with Gasteiger partial charge in [-0.1, -0.05) is 12.2 Å². The summed E-state index contributed by atoms with van der Waals surface area (Å²) >= 11 is 12.3. The highest BCUT2D eigenvalue weighted by Gasteiger charge is 2.80. The molecule has 0 aliphatic heterocycles. The highest BCUT2D eigenvalue weighted by atomic mass is 35.5. The van der Waals surface area contributed by atoms with E-state index in [4.69, 9.17) is 23.2 Å². The van der Waals surface area contributed by atoms with Crippen LogP contribution in [0.3, 0.4) is 0 Å². The van der Waals surface area contributed by atoms with E-state index in [1.165, 1.54) is 0 Å². The molecule has 0 N–H and O–H groups in total. The summed E-state index contributed by atoms with van der Waals surface area (Å²) in [4.78, 5) is 23.9. The first kappa shape index (κ1) is 8.77. The van der Waals surface area contributed by atoms with Crippen LogP contribution in [0.15, 0.2) is 12.2 Å². The predicted octanol–water partition coefficient (Wildman–Crippen LogP) is 1.61. The minimum atomic E-state index is -0.744. The third-order valence-corrected chi connectivity index (χ3v) is 5.56. The SMILES string of the molecule is O=C1[C@@H]2[C@H]3[C@@H]([C@H]1[C@@H]1C=C[C@H]2C1=O)C3(Cl)Cl. The Morgan fingerprint density at radius 2 is 1.40 bits per heavy atom. The fourth-order valence-corrected chi connectivity index (χ4v) is 4.88. The molecule has 0 saturated heterocycles. The molecular weight excluding hydrogens is 235 g/mol. The zero-order valence-corrected chi connectivity index (χ0v) is 9.20. The zero-order chi connectivity index (χ0) is 10.5. The van der Waals surface area contributed by atoms with Gasteiger partial charge in [-0.3, -0.25) is 9.59 Å². The fourth-order valence-electron chi connectivity index (χ4n) is 3.92. The lowest BCUT2D eigenvalue weighted by molar-refractivity contribution is -0.140. The molecule has 0 aromatic carbocycles. The van der Waals surface area contributed by atoms with Gasteiger partial charge in [0.05, 0.1) is 0 Å². The molecule has 78 valence electrons. The monoisotopic (exact) mass is 242 g/mol. The van der Waals surface area contributed by atoms with Crippen LogP contribution < -0.4 is 0 Å². The Labute approximate surface area is 96.6 Å². The summed E-state index contributed by atoms with van der Waals surface area (Å²) < 4.78 is -0.744. The van der Waals surface area contributed by atoms with Gasteiger partial charge in [0.1, 0.15) is 15.9 Å². The Hall–Kier alpha value is -0.340. The van der Waals surface area contributed by atoms with Crippen LogP contribution in [-0.2, 0) is 9.59 Å². The molecule has 4 rings (SSSR count). The summed E-state index contributed by atoms with van der Waals surface area (Å²) in [6, 6.07) is 0. The van der Waals surface area contributed by atoms with E-state index in [0.29, 0.717) is 0 Å². The second-order valence-corrected chi connectivity index (χ2v) is 6.46. The largest absolute Gasteiger partial charge is 0.299 e. The van der Waals surface area contributed by atoms with Crippen molar-refractivity contribution >= 4 is 34.8 Å². The first-order chi connectivity index (χ1) is 7.05. The lowest BCUT2D eigenvalue weighted by atomic mass is 9.73. The van der Waals surface area contributed by atoms with Gasteiger partial charge in [-0.2, -0.15) is 0 Å². The van der Waals surface area contributed by atoms with E-state index in [-0.39, 0.29) is 47.1 Å². The van der Waals surface area contributed by atoms with Gasteiger partial charge >= 0.3 is 0 Å². The number of carbonyl (C=O) groups is 2. The highest BCUT2D eigenvalue weighted by molar-refractivity contribution is 6.52. The molecule has 0 radical (unpaired) electrons. The Balaban J connectivity index is 1.90. The lowest BCUT2D eigenvalue weighted by Gasteiger charge is -2.30. The molecule has 6 atom stereocenters. The van der Waals surface area contributed by atoms with Crippen LogP contribution in [0, 0.1) is 35.5 Å². The van der Waals surface area contributed by atoms with Gasteiger partial charge in [0.25, 0.3) is 0 Å². The van der Waals surface area contributed by atoms with Crippen LogP contribution in [0.5, 0.6) is 0 Å². The van der Waals surface area contributed by atoms with Crippen molar-refractivity contribution in [1.29, 1.82) is 0 Å². The summed E-state index contributed by atoms with van der Waals surface area (Å²) in [7, 11) is 0. The van der Waals surface area contributed by atoms with Crippen molar-refractivity contribution < 1.29 is 9.59 Å². The Morgan fingerprint density at radius 1 is 0.933 bits per heavy atom. The van der Waals surface area contributed by atoms with Crippen LogP contribution in [0.2, 0.25) is 0 Å². The number of rotatable bonds is 0. The smallest absolute Gasteiger partial charge is 0.148 e. The number of hydrogen-bond acceptors (Lipinski definition) is 2. The lowest BCUT2D eigenvalue weighted by Crippen LogP contribution is -2.42. The van der Waals surface area contributed by atoms with E-state index in [0.717, 1.165) is 0 Å². The van der Waals surface area contributed by atoms with Gasteiger partial charge in [0, 0.05) is 35.5 Å². The molecule has 3 fully saturated rings. The number of ketones is 2. The van der Waals surface area contributed by atoms with Crippen LogP contribution in [0.4, 0.5) is 0 Å². The van der Waals surface area contributed by atoms with Crippen LogP contribution in [0.25, 0.3) is 0 Å². The van der Waals surface area contributed by atoms with Gasteiger partial charge in [-0.25, -0.2) is 0 Å². The van der Waals surface area contributed by atoms with Crippen LogP contribution >= 0.6 is 23.2 Å². The maximum atomic E-state index is 12.0. The molecular formula is C11H8Cl2O2. The highest BCUT2D eigenvalue weighted by Crippen LogP contribution is 2.75. The summed E-state index contributed by atoms with van der Waals surface area (Å²) in [6.07, 6.45) is 3.77. The van der Waals surface area contributed by atoms with Crippen LogP contribution in [0.1, 0.15) is 0 Å².